The summed E-state index contributed by atoms with van der Waals surface area (Å²) in [5.41, 5.74) is 0.771. The second kappa shape index (κ2) is 38.0. The Hall–Kier alpha value is -9.68. The van der Waals surface area contributed by atoms with E-state index in [1.54, 1.807) is 26.4 Å². The molecular formula is C53H66N6O19+2. The molecule has 0 aliphatic heterocycles. The molecule has 78 heavy (non-hydrogen) atoms. The zero-order chi connectivity index (χ0) is 58.4. The number of aryl methyl sites for hydroxylation is 2. The van der Waals surface area contributed by atoms with Crippen LogP contribution < -0.4 is 19.8 Å². The van der Waals surface area contributed by atoms with Gasteiger partial charge in [0.05, 0.1) is 41.8 Å². The summed E-state index contributed by atoms with van der Waals surface area (Å²) in [6.45, 7) is 21.8. The van der Waals surface area contributed by atoms with E-state index in [2.05, 4.69) is 46.9 Å². The maximum absolute atomic E-state index is 11.7. The minimum absolute atomic E-state index is 0.0498. The van der Waals surface area contributed by atoms with Gasteiger partial charge in [0.15, 0.2) is 0 Å². The monoisotopic (exact) mass is 1090 g/mol. The lowest BCUT2D eigenvalue weighted by Crippen LogP contribution is -2.39. The second-order valence-corrected chi connectivity index (χ2v) is 15.8. The number of aromatic nitrogens is 4. The van der Waals surface area contributed by atoms with E-state index in [9.17, 15) is 47.9 Å². The molecular weight excluding hydrogens is 1020 g/mol. The molecule has 0 spiro atoms. The number of H-pyrrole nitrogens is 2. The maximum atomic E-state index is 11.7. The van der Waals surface area contributed by atoms with Crippen LogP contribution in [0.4, 0.5) is 4.79 Å². The van der Waals surface area contributed by atoms with E-state index in [0.717, 1.165) is 13.0 Å². The summed E-state index contributed by atoms with van der Waals surface area (Å²) in [5.74, 6) is -6.40. The van der Waals surface area contributed by atoms with Crippen molar-refractivity contribution in [1.82, 2.24) is 20.6 Å². The number of imidazole rings is 2. The number of aromatic amines is 2. The molecule has 0 saturated carbocycles. The molecule has 4 rings (SSSR count). The summed E-state index contributed by atoms with van der Waals surface area (Å²) in [5, 5.41) is 23.2. The van der Waals surface area contributed by atoms with Crippen LogP contribution >= 0.6 is 0 Å². The molecule has 0 fully saturated rings. The number of nitrogens with zero attached hydrogens (tertiary/aromatic N) is 2. The van der Waals surface area contributed by atoms with E-state index < -0.39 is 47.8 Å². The van der Waals surface area contributed by atoms with Gasteiger partial charge < -0.3 is 54.0 Å². The fraction of sp³-hybridized carbons (Fsp3) is 0.321. The first-order valence-corrected chi connectivity index (χ1v) is 23.6. The highest BCUT2D eigenvalue weighted by molar-refractivity contribution is 6.03. The average molecular weight is 1090 g/mol. The number of esters is 7. The van der Waals surface area contributed by atoms with Gasteiger partial charge in [-0.15, -0.1) is 0 Å². The minimum Gasteiger partial charge on any atom is -0.478 e. The van der Waals surface area contributed by atoms with Gasteiger partial charge in [0.1, 0.15) is 77.6 Å². The molecule has 0 radical (unpaired) electrons. The summed E-state index contributed by atoms with van der Waals surface area (Å²) >= 11 is 0. The molecule has 2 aromatic carbocycles. The van der Waals surface area contributed by atoms with Crippen LogP contribution in [-0.2, 0) is 70.2 Å². The van der Waals surface area contributed by atoms with Crippen molar-refractivity contribution in [3.05, 3.63) is 157 Å². The number of ether oxygens (including phenoxy) is 7. The quantitative estimate of drug-likeness (QED) is 0.0163. The summed E-state index contributed by atoms with van der Waals surface area (Å²) in [4.78, 5) is 118. The molecule has 25 nitrogen and oxygen atoms in total. The van der Waals surface area contributed by atoms with Gasteiger partial charge in [-0.1, -0.05) is 50.6 Å². The number of carbonyl (C=O) groups is 10. The smallest absolute Gasteiger partial charge is 0.339 e. The third-order valence-electron chi connectivity index (χ3n) is 9.11. The molecule has 0 atom stereocenters. The predicted molar refractivity (Wildman–Crippen MR) is 274 cm³/mol. The lowest BCUT2D eigenvalue weighted by molar-refractivity contribution is -0.695. The number of urea groups is 1. The van der Waals surface area contributed by atoms with Crippen LogP contribution in [0.3, 0.4) is 0 Å². The van der Waals surface area contributed by atoms with Gasteiger partial charge in [-0.2, -0.15) is 0 Å². The van der Waals surface area contributed by atoms with Gasteiger partial charge in [0.2, 0.25) is 12.7 Å². The standard InChI is InChI=1S/2C14H14O6.C13H20N4O3.C12H16N2O4/c2*1-9(2)13(17)19-7-8-20-14(18)11-6-4-3-5-10(11)12(15)16;1-11(2)12(18)20-9-6-16-13(19)15-4-3-7-17-8-5-14-10-17;1-10(2)12(16)18-8-7-17-11(15)3-5-14-6-4-13-9-14/h2*3-6H,1,7-8H2,2H3,(H,15,16);5,8,10H,1,3-4,6-7,9H2,2H3,(H2,15,16,19);4,6,9H,1,3,5,7-8H2,2H3/p+2. The predicted octanol–water partition coefficient (Wildman–Crippen LogP) is 3.79. The highest BCUT2D eigenvalue weighted by Crippen LogP contribution is 2.12. The Morgan fingerprint density at radius 1 is 0.474 bits per heavy atom. The molecule has 2 aromatic heterocycles. The summed E-state index contributed by atoms with van der Waals surface area (Å²) in [6, 6.07) is 11.1. The van der Waals surface area contributed by atoms with Gasteiger partial charge in [-0.25, -0.2) is 52.3 Å². The zero-order valence-electron chi connectivity index (χ0n) is 43.8. The summed E-state index contributed by atoms with van der Waals surface area (Å²) < 4.78 is 37.5. The molecule has 0 unspecified atom stereocenters. The molecule has 2 heterocycles. The first-order valence-electron chi connectivity index (χ1n) is 23.6. The number of hydrogen-bond acceptors (Lipinski definition) is 17. The normalized spacial score (nSPS) is 9.74. The third kappa shape index (κ3) is 29.3. The number of benzene rings is 2. The molecule has 420 valence electrons. The van der Waals surface area contributed by atoms with Crippen molar-refractivity contribution in [1.29, 1.82) is 0 Å². The minimum atomic E-state index is -1.22. The Bertz CT molecular complexity index is 2580. The first kappa shape index (κ1) is 66.3. The van der Waals surface area contributed by atoms with E-state index in [1.807, 2.05) is 34.1 Å². The molecule has 6 N–H and O–H groups in total. The number of amides is 2. The van der Waals surface area contributed by atoms with Crippen LogP contribution in [0.2, 0.25) is 0 Å². The average Bonchev–Trinajstić information content (AvgIpc) is 4.15. The molecule has 0 aliphatic rings. The van der Waals surface area contributed by atoms with Crippen molar-refractivity contribution in [2.24, 2.45) is 0 Å². The van der Waals surface area contributed by atoms with E-state index >= 15 is 0 Å². The number of hydrogen-bond donors (Lipinski definition) is 6. The topological polar surface area (TPSA) is 339 Å². The molecule has 0 aliphatic carbocycles. The molecule has 0 saturated heterocycles. The van der Waals surface area contributed by atoms with Gasteiger partial charge >= 0.3 is 59.8 Å². The highest BCUT2D eigenvalue weighted by Gasteiger charge is 2.19. The number of carboxylic acids is 2. The van der Waals surface area contributed by atoms with Crippen molar-refractivity contribution >= 4 is 59.8 Å². The van der Waals surface area contributed by atoms with Crippen molar-refractivity contribution in [2.75, 3.05) is 59.3 Å². The molecule has 0 bridgehead atoms. The Morgan fingerprint density at radius 2 is 0.821 bits per heavy atom. The fourth-order valence-electron chi connectivity index (χ4n) is 5.22. The molecule has 25 heteroatoms. The van der Waals surface area contributed by atoms with Crippen molar-refractivity contribution in [3.63, 3.8) is 0 Å². The van der Waals surface area contributed by atoms with Gasteiger partial charge in [-0.3, -0.25) is 14.8 Å². The maximum Gasteiger partial charge on any atom is 0.339 e. The Balaban J connectivity index is 0.000000520. The Morgan fingerprint density at radius 3 is 1.19 bits per heavy atom. The molecule has 4 aromatic rings. The first-order chi connectivity index (χ1) is 37.0. The van der Waals surface area contributed by atoms with Crippen LogP contribution in [-0.4, -0.2) is 139 Å². The second-order valence-electron chi connectivity index (χ2n) is 15.8. The lowest BCUT2D eigenvalue weighted by atomic mass is 10.1. The van der Waals surface area contributed by atoms with Crippen LogP contribution in [0.1, 0.15) is 82.0 Å². The van der Waals surface area contributed by atoms with Gasteiger partial charge in [0.25, 0.3) is 0 Å². The largest absolute Gasteiger partial charge is 0.478 e. The van der Waals surface area contributed by atoms with E-state index in [-0.39, 0.29) is 105 Å². The van der Waals surface area contributed by atoms with Gasteiger partial charge in [0, 0.05) is 35.3 Å². The lowest BCUT2D eigenvalue weighted by Gasteiger charge is -2.07. The number of nitrogens with one attached hydrogen (secondary N) is 4. The third-order valence-corrected chi connectivity index (χ3v) is 9.11. The number of carbonyl (C=O) groups excluding carboxylic acids is 8. The van der Waals surface area contributed by atoms with E-state index in [4.69, 9.17) is 43.4 Å². The SMILES string of the molecule is C=C(C)C(=O)OCCNC(=O)NCCC[n+]1cc[nH]c1.C=C(C)C(=O)OCCOC(=O)CC[n+]1cc[nH]c1.C=C(C)C(=O)OCCOC(=O)c1ccccc1C(=O)O.C=C(C)C(=O)OCCOC(=O)c1ccccc1C(=O)O. The van der Waals surface area contributed by atoms with Crippen LogP contribution in [0.25, 0.3) is 0 Å². The number of aromatic carboxylic acids is 2. The summed E-state index contributed by atoms with van der Waals surface area (Å²) in [6.07, 6.45) is 12.1. The summed E-state index contributed by atoms with van der Waals surface area (Å²) in [7, 11) is 0. The van der Waals surface area contributed by atoms with E-state index in [0.29, 0.717) is 24.2 Å². The van der Waals surface area contributed by atoms with Gasteiger partial charge in [-0.05, 0) is 52.0 Å². The van der Waals surface area contributed by atoms with Crippen molar-refractivity contribution in [3.8, 4) is 0 Å². The molecule has 2 amide bonds. The van der Waals surface area contributed by atoms with Crippen molar-refractivity contribution < 1.29 is 100 Å². The van der Waals surface area contributed by atoms with Crippen LogP contribution in [0, 0.1) is 0 Å². The van der Waals surface area contributed by atoms with E-state index in [1.165, 1.54) is 62.4 Å². The highest BCUT2D eigenvalue weighted by atomic mass is 16.6. The van der Waals surface area contributed by atoms with Crippen molar-refractivity contribution in [2.45, 2.75) is 53.6 Å². The van der Waals surface area contributed by atoms with Crippen LogP contribution in [0.15, 0.2) is 135 Å². The number of rotatable bonds is 27. The number of carboxylic acid groups (broad SMARTS) is 2. The fourth-order valence-corrected chi connectivity index (χ4v) is 5.22. The van der Waals surface area contributed by atoms with Crippen LogP contribution in [0.5, 0.6) is 0 Å². The Kier molecular flexibility index (Phi) is 32.3. The Labute approximate surface area is 449 Å². The zero-order valence-corrected chi connectivity index (χ0v) is 43.8.